The molecule has 6 aliphatic carbocycles. The van der Waals surface area contributed by atoms with Gasteiger partial charge in [-0.2, -0.15) is 0 Å². The predicted molar refractivity (Wildman–Crippen MR) is 95.4 cm³/mol. The smallest absolute Gasteiger partial charge is 0.0462 e. The minimum Gasteiger partial charge on any atom is -0.143 e. The highest BCUT2D eigenvalue weighted by molar-refractivity contribution is 8.10. The molecular formula is C22H20S. The van der Waals surface area contributed by atoms with Crippen LogP contribution in [0.2, 0.25) is 0 Å². The monoisotopic (exact) mass is 316 g/mol. The molecule has 0 aromatic heterocycles. The summed E-state index contributed by atoms with van der Waals surface area (Å²) in [5.41, 5.74) is 6.87. The molecule has 2 aromatic rings. The number of hydrogen-bond donors (Lipinski definition) is 0. The third kappa shape index (κ3) is 1.05. The van der Waals surface area contributed by atoms with Crippen molar-refractivity contribution in [1.82, 2.24) is 0 Å². The summed E-state index contributed by atoms with van der Waals surface area (Å²) in [6.45, 7) is 0. The summed E-state index contributed by atoms with van der Waals surface area (Å²) in [7, 11) is 0. The molecule has 7 aliphatic rings. The van der Waals surface area contributed by atoms with E-state index in [1.54, 1.807) is 22.3 Å². The van der Waals surface area contributed by atoms with Gasteiger partial charge < -0.3 is 0 Å². The van der Waals surface area contributed by atoms with Gasteiger partial charge in [0.25, 0.3) is 0 Å². The molecule has 2 aromatic carbocycles. The first-order chi connectivity index (χ1) is 11.4. The van der Waals surface area contributed by atoms with Crippen molar-refractivity contribution in [2.45, 2.75) is 58.8 Å². The van der Waals surface area contributed by atoms with Gasteiger partial charge in [0, 0.05) is 33.2 Å². The van der Waals surface area contributed by atoms with Crippen LogP contribution in [0.25, 0.3) is 0 Å². The molecule has 4 bridgehead atoms. The van der Waals surface area contributed by atoms with Crippen LogP contribution in [-0.2, 0) is 0 Å². The fourth-order valence-electron chi connectivity index (χ4n) is 7.47. The van der Waals surface area contributed by atoms with Gasteiger partial charge in [0.2, 0.25) is 0 Å². The van der Waals surface area contributed by atoms with Crippen molar-refractivity contribution >= 4 is 11.8 Å². The van der Waals surface area contributed by atoms with Crippen LogP contribution < -0.4 is 0 Å². The molecular weight excluding hydrogens is 296 g/mol. The van der Waals surface area contributed by atoms with Gasteiger partial charge in [0.1, 0.15) is 0 Å². The second-order valence-corrected chi connectivity index (χ2v) is 9.87. The van der Waals surface area contributed by atoms with E-state index in [2.05, 4.69) is 60.3 Å². The van der Waals surface area contributed by atoms with Crippen molar-refractivity contribution < 1.29 is 0 Å². The average molecular weight is 316 g/mol. The molecule has 2 saturated carbocycles. The van der Waals surface area contributed by atoms with Crippen LogP contribution in [0.4, 0.5) is 0 Å². The van der Waals surface area contributed by atoms with Crippen LogP contribution in [-0.4, -0.2) is 9.49 Å². The maximum Gasteiger partial charge on any atom is 0.0462 e. The molecule has 23 heavy (non-hydrogen) atoms. The first-order valence-corrected chi connectivity index (χ1v) is 10.1. The van der Waals surface area contributed by atoms with E-state index in [4.69, 9.17) is 0 Å². The van der Waals surface area contributed by atoms with E-state index in [0.29, 0.717) is 9.49 Å². The van der Waals surface area contributed by atoms with Gasteiger partial charge in [0.05, 0.1) is 0 Å². The van der Waals surface area contributed by atoms with E-state index in [1.165, 1.54) is 25.7 Å². The van der Waals surface area contributed by atoms with Gasteiger partial charge in [0.15, 0.2) is 0 Å². The van der Waals surface area contributed by atoms with Gasteiger partial charge in [-0.1, -0.05) is 48.5 Å². The zero-order valence-corrected chi connectivity index (χ0v) is 14.0. The first kappa shape index (κ1) is 12.2. The molecule has 9 rings (SSSR count). The molecule has 4 atom stereocenters. The molecule has 4 unspecified atom stereocenters. The van der Waals surface area contributed by atoms with Gasteiger partial charge in [-0.05, 0) is 47.9 Å². The molecule has 0 nitrogen and oxygen atoms in total. The van der Waals surface area contributed by atoms with Gasteiger partial charge in [-0.25, -0.2) is 0 Å². The average Bonchev–Trinajstić information content (AvgIpc) is 3.38. The Morgan fingerprint density at radius 2 is 0.870 bits per heavy atom. The normalized spacial score (nSPS) is 46.6. The fraction of sp³-hybridized carbons (Fsp3) is 0.455. The van der Waals surface area contributed by atoms with E-state index in [1.807, 2.05) is 0 Å². The zero-order chi connectivity index (χ0) is 14.8. The van der Waals surface area contributed by atoms with Crippen molar-refractivity contribution in [2.75, 3.05) is 0 Å². The lowest BCUT2D eigenvalue weighted by Crippen LogP contribution is -2.56. The van der Waals surface area contributed by atoms with E-state index in [-0.39, 0.29) is 0 Å². The summed E-state index contributed by atoms with van der Waals surface area (Å²) in [5.74, 6) is 3.26. The summed E-state index contributed by atoms with van der Waals surface area (Å²) in [6, 6.07) is 18.9. The molecule has 3 fully saturated rings. The van der Waals surface area contributed by atoms with Crippen LogP contribution >= 0.6 is 11.8 Å². The molecule has 0 spiro atoms. The highest BCUT2D eigenvalue weighted by Gasteiger charge is 2.86. The topological polar surface area (TPSA) is 0 Å². The number of thioether (sulfide) groups is 1. The van der Waals surface area contributed by atoms with Crippen LogP contribution in [0.3, 0.4) is 0 Å². The third-order valence-electron chi connectivity index (χ3n) is 7.96. The lowest BCUT2D eigenvalue weighted by Gasteiger charge is -2.58. The Hall–Kier alpha value is -1.21. The Bertz CT molecular complexity index is 732. The Labute approximate surface area is 141 Å². The Balaban J connectivity index is 1.56. The lowest BCUT2D eigenvalue weighted by molar-refractivity contribution is 0.150. The predicted octanol–water partition coefficient (Wildman–Crippen LogP) is 5.56. The van der Waals surface area contributed by atoms with Crippen LogP contribution in [0.15, 0.2) is 48.5 Å². The second-order valence-electron chi connectivity index (χ2n) is 8.31. The van der Waals surface area contributed by atoms with E-state index >= 15 is 0 Å². The summed E-state index contributed by atoms with van der Waals surface area (Å²) in [5, 5.41) is 0. The van der Waals surface area contributed by atoms with Crippen molar-refractivity contribution in [3.63, 3.8) is 0 Å². The number of hydrogen-bond acceptors (Lipinski definition) is 1. The SMILES string of the molecule is c1ccc2c(c1)C1CCC2C23SC12C1CCC3c2ccccc21. The highest BCUT2D eigenvalue weighted by Crippen LogP contribution is 2.92. The maximum atomic E-state index is 2.46. The summed E-state index contributed by atoms with van der Waals surface area (Å²) in [6.07, 6.45) is 5.73. The number of fused-ring (bicyclic) bond motifs is 2. The molecule has 0 N–H and O–H groups in total. The first-order valence-electron chi connectivity index (χ1n) is 9.26. The largest absolute Gasteiger partial charge is 0.143 e. The lowest BCUT2D eigenvalue weighted by atomic mass is 9.43. The number of rotatable bonds is 0. The molecule has 114 valence electrons. The molecule has 1 heterocycles. The van der Waals surface area contributed by atoms with Gasteiger partial charge in [-0.3, -0.25) is 0 Å². The van der Waals surface area contributed by atoms with Crippen molar-refractivity contribution in [1.29, 1.82) is 0 Å². The van der Waals surface area contributed by atoms with E-state index in [9.17, 15) is 0 Å². The quantitative estimate of drug-likeness (QED) is 0.573. The van der Waals surface area contributed by atoms with Crippen LogP contribution in [0, 0.1) is 0 Å². The minimum absolute atomic E-state index is 0.557. The van der Waals surface area contributed by atoms with Crippen LogP contribution in [0.5, 0.6) is 0 Å². The summed E-state index contributed by atoms with van der Waals surface area (Å²) >= 11 is 2.43. The van der Waals surface area contributed by atoms with Crippen molar-refractivity contribution in [3.8, 4) is 0 Å². The molecule has 1 saturated heterocycles. The fourth-order valence-corrected chi connectivity index (χ4v) is 10.1. The third-order valence-corrected chi connectivity index (χ3v) is 10.2. The summed E-state index contributed by atoms with van der Waals surface area (Å²) < 4.78 is 1.11. The Morgan fingerprint density at radius 3 is 1.17 bits per heavy atom. The van der Waals surface area contributed by atoms with E-state index < -0.39 is 0 Å². The molecule has 1 aliphatic heterocycles. The van der Waals surface area contributed by atoms with Gasteiger partial charge >= 0.3 is 0 Å². The zero-order valence-electron chi connectivity index (χ0n) is 13.2. The Morgan fingerprint density at radius 1 is 0.565 bits per heavy atom. The van der Waals surface area contributed by atoms with Gasteiger partial charge in [-0.15, -0.1) is 11.8 Å². The van der Waals surface area contributed by atoms with E-state index in [0.717, 1.165) is 23.7 Å². The highest BCUT2D eigenvalue weighted by atomic mass is 32.2. The number of benzene rings is 2. The van der Waals surface area contributed by atoms with Crippen molar-refractivity contribution in [2.24, 2.45) is 0 Å². The Kier molecular flexibility index (Phi) is 1.89. The molecule has 0 radical (unpaired) electrons. The standard InChI is InChI=1S/C22H20S/c1-2-6-14-13(5-1)17-9-10-18(14)22-20-12-11-19(21(17,22)23-22)15-7-3-4-8-16(15)20/h1-8,17-20H,9-12H2. The maximum absolute atomic E-state index is 2.46. The molecule has 1 heteroatoms. The van der Waals surface area contributed by atoms with Crippen molar-refractivity contribution in [3.05, 3.63) is 70.8 Å². The minimum atomic E-state index is 0.557. The van der Waals surface area contributed by atoms with Crippen LogP contribution in [0.1, 0.15) is 71.6 Å². The summed E-state index contributed by atoms with van der Waals surface area (Å²) in [4.78, 5) is 0. The molecule has 0 amide bonds. The second kappa shape index (κ2) is 3.57.